The summed E-state index contributed by atoms with van der Waals surface area (Å²) in [5, 5.41) is 1.06. The van der Waals surface area contributed by atoms with Gasteiger partial charge in [-0.3, -0.25) is 14.5 Å². The Morgan fingerprint density at radius 1 is 1.12 bits per heavy atom. The van der Waals surface area contributed by atoms with Crippen molar-refractivity contribution in [3.8, 4) is 5.75 Å². The maximum atomic E-state index is 13.1. The number of methoxy groups -OCH3 is 2. The predicted octanol–water partition coefficient (Wildman–Crippen LogP) is 4.16. The van der Waals surface area contributed by atoms with E-state index in [9.17, 15) is 9.59 Å². The van der Waals surface area contributed by atoms with Gasteiger partial charge in [0, 0.05) is 42.0 Å². The highest BCUT2D eigenvalue weighted by Gasteiger charge is 2.41. The van der Waals surface area contributed by atoms with Gasteiger partial charge < -0.3 is 19.2 Å². The highest BCUT2D eigenvalue weighted by Crippen LogP contribution is 2.41. The summed E-state index contributed by atoms with van der Waals surface area (Å²) in [4.78, 5) is 30.9. The Kier molecular flexibility index (Phi) is 6.99. The Balaban J connectivity index is 1.81. The number of carbonyl (C=O) groups excluding carboxylic acids is 2. The second kappa shape index (κ2) is 10.1. The molecular formula is C26H30N2O5. The number of aromatic nitrogens is 1. The van der Waals surface area contributed by atoms with Crippen molar-refractivity contribution in [3.05, 3.63) is 65.4 Å². The van der Waals surface area contributed by atoms with E-state index in [-0.39, 0.29) is 24.4 Å². The molecule has 7 heteroatoms. The number of carbonyl (C=O) groups is 2. The van der Waals surface area contributed by atoms with Gasteiger partial charge in [0.05, 0.1) is 26.9 Å². The molecule has 0 saturated heterocycles. The van der Waals surface area contributed by atoms with Crippen LogP contribution in [0.4, 0.5) is 0 Å². The molecule has 0 radical (unpaired) electrons. The van der Waals surface area contributed by atoms with Crippen molar-refractivity contribution in [1.29, 1.82) is 0 Å². The first kappa shape index (κ1) is 22.9. The lowest BCUT2D eigenvalue weighted by Crippen LogP contribution is -2.48. The van der Waals surface area contributed by atoms with E-state index >= 15 is 0 Å². The van der Waals surface area contributed by atoms with Crippen LogP contribution in [0, 0.1) is 0 Å². The Morgan fingerprint density at radius 3 is 2.61 bits per heavy atom. The van der Waals surface area contributed by atoms with E-state index in [1.807, 2.05) is 55.5 Å². The third kappa shape index (κ3) is 4.73. The normalized spacial score (nSPS) is 18.0. The minimum Gasteiger partial charge on any atom is -0.497 e. The number of aromatic amines is 1. The molecule has 3 aromatic rings. The Morgan fingerprint density at radius 2 is 1.91 bits per heavy atom. The number of fused-ring (bicyclic) bond motifs is 3. The molecule has 0 spiro atoms. The molecule has 0 saturated carbocycles. The number of rotatable bonds is 8. The molecule has 1 aliphatic heterocycles. The molecule has 0 unspecified atom stereocenters. The molecule has 0 amide bonds. The average Bonchev–Trinajstić information content (AvgIpc) is 3.20. The summed E-state index contributed by atoms with van der Waals surface area (Å²) in [6.07, 6.45) is 1.30. The molecule has 0 fully saturated rings. The molecule has 1 aliphatic rings. The number of H-pyrrole nitrogens is 1. The summed E-state index contributed by atoms with van der Waals surface area (Å²) in [5.41, 5.74) is 4.16. The van der Waals surface area contributed by atoms with Gasteiger partial charge in [0.25, 0.3) is 0 Å². The fourth-order valence-electron chi connectivity index (χ4n) is 4.72. The first-order valence-electron chi connectivity index (χ1n) is 11.3. The SMILES string of the molecule is CCOC(=O)[C@H]1Cc2c([nH]c3cc(OC)ccc23)[C@@H](CCC(=O)OC)N1Cc1ccccc1. The van der Waals surface area contributed by atoms with Crippen LogP contribution in [0.3, 0.4) is 0 Å². The van der Waals surface area contributed by atoms with Crippen molar-refractivity contribution in [2.24, 2.45) is 0 Å². The van der Waals surface area contributed by atoms with Crippen LogP contribution < -0.4 is 4.74 Å². The molecule has 33 heavy (non-hydrogen) atoms. The minimum absolute atomic E-state index is 0.180. The van der Waals surface area contributed by atoms with Gasteiger partial charge in [0.1, 0.15) is 11.8 Å². The Labute approximate surface area is 193 Å². The van der Waals surface area contributed by atoms with Crippen LogP contribution >= 0.6 is 0 Å². The lowest BCUT2D eigenvalue weighted by atomic mass is 9.89. The van der Waals surface area contributed by atoms with Crippen molar-refractivity contribution in [2.75, 3.05) is 20.8 Å². The van der Waals surface area contributed by atoms with E-state index in [1.165, 1.54) is 7.11 Å². The molecule has 1 N–H and O–H groups in total. The van der Waals surface area contributed by atoms with Gasteiger partial charge in [-0.1, -0.05) is 30.3 Å². The minimum atomic E-state index is -0.457. The molecule has 2 aromatic carbocycles. The summed E-state index contributed by atoms with van der Waals surface area (Å²) in [5.74, 6) is 0.243. The van der Waals surface area contributed by atoms with Gasteiger partial charge in [-0.05, 0) is 36.6 Å². The van der Waals surface area contributed by atoms with Gasteiger partial charge in [-0.25, -0.2) is 0 Å². The summed E-state index contributed by atoms with van der Waals surface area (Å²) < 4.78 is 15.8. The van der Waals surface area contributed by atoms with Crippen LogP contribution in [0.15, 0.2) is 48.5 Å². The zero-order chi connectivity index (χ0) is 23.4. The van der Waals surface area contributed by atoms with E-state index < -0.39 is 6.04 Å². The molecule has 2 heterocycles. The zero-order valence-electron chi connectivity index (χ0n) is 19.3. The predicted molar refractivity (Wildman–Crippen MR) is 125 cm³/mol. The van der Waals surface area contributed by atoms with E-state index in [2.05, 4.69) is 9.88 Å². The third-order valence-electron chi connectivity index (χ3n) is 6.29. The topological polar surface area (TPSA) is 80.9 Å². The quantitative estimate of drug-likeness (QED) is 0.519. The van der Waals surface area contributed by atoms with Crippen LogP contribution in [0.1, 0.15) is 42.6 Å². The summed E-state index contributed by atoms with van der Waals surface area (Å²) in [6, 6.07) is 15.3. The lowest BCUT2D eigenvalue weighted by molar-refractivity contribution is -0.151. The highest BCUT2D eigenvalue weighted by atomic mass is 16.5. The lowest BCUT2D eigenvalue weighted by Gasteiger charge is -2.41. The van der Waals surface area contributed by atoms with Gasteiger partial charge in [-0.2, -0.15) is 0 Å². The number of ether oxygens (including phenoxy) is 3. The largest absolute Gasteiger partial charge is 0.497 e. The van der Waals surface area contributed by atoms with E-state index in [0.29, 0.717) is 26.0 Å². The fourth-order valence-corrected chi connectivity index (χ4v) is 4.72. The molecule has 174 valence electrons. The number of hydrogen-bond donors (Lipinski definition) is 1. The summed E-state index contributed by atoms with van der Waals surface area (Å²) >= 11 is 0. The number of esters is 2. The second-order valence-electron chi connectivity index (χ2n) is 8.19. The summed E-state index contributed by atoms with van der Waals surface area (Å²) in [6.45, 7) is 2.70. The monoisotopic (exact) mass is 450 g/mol. The molecule has 7 nitrogen and oxygen atoms in total. The highest BCUT2D eigenvalue weighted by molar-refractivity contribution is 5.88. The molecule has 4 rings (SSSR count). The van der Waals surface area contributed by atoms with Crippen molar-refractivity contribution in [3.63, 3.8) is 0 Å². The number of nitrogens with zero attached hydrogens (tertiary/aromatic N) is 1. The first-order valence-corrected chi connectivity index (χ1v) is 11.3. The van der Waals surface area contributed by atoms with Crippen LogP contribution in [0.25, 0.3) is 10.9 Å². The van der Waals surface area contributed by atoms with E-state index in [1.54, 1.807) is 7.11 Å². The molecular weight excluding hydrogens is 420 g/mol. The smallest absolute Gasteiger partial charge is 0.323 e. The van der Waals surface area contributed by atoms with Gasteiger partial charge in [0.2, 0.25) is 0 Å². The van der Waals surface area contributed by atoms with Gasteiger partial charge in [0.15, 0.2) is 0 Å². The van der Waals surface area contributed by atoms with Crippen molar-refractivity contribution >= 4 is 22.8 Å². The van der Waals surface area contributed by atoms with E-state index in [0.717, 1.165) is 33.5 Å². The molecule has 0 bridgehead atoms. The van der Waals surface area contributed by atoms with Crippen molar-refractivity contribution < 1.29 is 23.8 Å². The average molecular weight is 451 g/mol. The molecule has 1 aromatic heterocycles. The Hall–Kier alpha value is -3.32. The number of nitrogens with one attached hydrogen (secondary N) is 1. The molecule has 2 atom stereocenters. The number of hydrogen-bond acceptors (Lipinski definition) is 6. The van der Waals surface area contributed by atoms with Crippen LogP contribution in [0.5, 0.6) is 5.75 Å². The van der Waals surface area contributed by atoms with Crippen LogP contribution in [-0.4, -0.2) is 48.7 Å². The standard InChI is InChI=1S/C26H30N2O5/c1-4-33-26(30)23-15-20-19-11-10-18(31-2)14-21(19)27-25(20)22(12-13-24(29)32-3)28(23)16-17-8-6-5-7-9-17/h5-11,14,22-23,27H,4,12-13,15-16H2,1-3H3/t22-,23-/m1/s1. The first-order chi connectivity index (χ1) is 16.0. The zero-order valence-corrected chi connectivity index (χ0v) is 19.3. The third-order valence-corrected chi connectivity index (χ3v) is 6.29. The van der Waals surface area contributed by atoms with Crippen LogP contribution in [0.2, 0.25) is 0 Å². The number of benzene rings is 2. The Bertz CT molecular complexity index is 1120. The maximum absolute atomic E-state index is 13.1. The fraction of sp³-hybridized carbons (Fsp3) is 0.385. The molecule has 0 aliphatic carbocycles. The van der Waals surface area contributed by atoms with Gasteiger partial charge in [-0.15, -0.1) is 0 Å². The van der Waals surface area contributed by atoms with Gasteiger partial charge >= 0.3 is 11.9 Å². The van der Waals surface area contributed by atoms with Crippen molar-refractivity contribution in [2.45, 2.75) is 44.8 Å². The maximum Gasteiger partial charge on any atom is 0.323 e. The van der Waals surface area contributed by atoms with Crippen LogP contribution in [-0.2, 0) is 32.0 Å². The summed E-state index contributed by atoms with van der Waals surface area (Å²) in [7, 11) is 3.04. The van der Waals surface area contributed by atoms with Crippen molar-refractivity contribution in [1.82, 2.24) is 9.88 Å². The second-order valence-corrected chi connectivity index (χ2v) is 8.19. The van der Waals surface area contributed by atoms with E-state index in [4.69, 9.17) is 14.2 Å².